The highest BCUT2D eigenvalue weighted by Crippen LogP contribution is 2.29. The molecular weight excluding hydrogens is 246 g/mol. The number of thiazole rings is 1. The smallest absolute Gasteiger partial charge is 0.225 e. The number of hydrogen-bond acceptors (Lipinski definition) is 4. The van der Waals surface area contributed by atoms with Crippen LogP contribution in [-0.4, -0.2) is 42.0 Å². The fraction of sp³-hybridized carbons (Fsp3) is 0.692. The second-order valence-electron chi connectivity index (χ2n) is 5.21. The van der Waals surface area contributed by atoms with Crippen LogP contribution in [0.1, 0.15) is 25.0 Å². The zero-order valence-electron chi connectivity index (χ0n) is 10.8. The number of amides is 1. The van der Waals surface area contributed by atoms with Crippen LogP contribution in [0.2, 0.25) is 0 Å². The first-order valence-electron chi connectivity index (χ1n) is 6.70. The number of nitrogens with zero attached hydrogens (tertiary/aromatic N) is 3. The lowest BCUT2D eigenvalue weighted by atomic mass is 9.84. The maximum absolute atomic E-state index is 12.1. The molecule has 2 heterocycles. The SMILES string of the molecule is Cc1csc(N2CCN(C(=O)C3CCC3)CC2)n1. The van der Waals surface area contributed by atoms with Crippen molar-refractivity contribution in [1.29, 1.82) is 0 Å². The summed E-state index contributed by atoms with van der Waals surface area (Å²) in [6, 6.07) is 0. The van der Waals surface area contributed by atoms with E-state index in [0.29, 0.717) is 11.8 Å². The molecule has 0 aromatic carbocycles. The molecule has 0 radical (unpaired) electrons. The van der Waals surface area contributed by atoms with Gasteiger partial charge < -0.3 is 9.80 Å². The highest BCUT2D eigenvalue weighted by molar-refractivity contribution is 7.13. The molecule has 0 spiro atoms. The molecule has 5 heteroatoms. The number of aromatic nitrogens is 1. The van der Waals surface area contributed by atoms with Gasteiger partial charge >= 0.3 is 0 Å². The molecule has 98 valence electrons. The molecule has 1 aromatic rings. The summed E-state index contributed by atoms with van der Waals surface area (Å²) in [7, 11) is 0. The predicted molar refractivity (Wildman–Crippen MR) is 73.0 cm³/mol. The second kappa shape index (κ2) is 4.88. The molecule has 18 heavy (non-hydrogen) atoms. The molecule has 2 fully saturated rings. The summed E-state index contributed by atoms with van der Waals surface area (Å²) < 4.78 is 0. The van der Waals surface area contributed by atoms with Crippen molar-refractivity contribution in [3.05, 3.63) is 11.1 Å². The second-order valence-corrected chi connectivity index (χ2v) is 6.05. The summed E-state index contributed by atoms with van der Waals surface area (Å²) in [4.78, 5) is 21.0. The average molecular weight is 265 g/mol. The molecule has 0 atom stereocenters. The largest absolute Gasteiger partial charge is 0.345 e. The lowest BCUT2D eigenvalue weighted by Crippen LogP contribution is -2.51. The Morgan fingerprint density at radius 3 is 2.56 bits per heavy atom. The van der Waals surface area contributed by atoms with Crippen molar-refractivity contribution in [3.8, 4) is 0 Å². The van der Waals surface area contributed by atoms with Crippen molar-refractivity contribution in [2.24, 2.45) is 5.92 Å². The molecule has 3 rings (SSSR count). The van der Waals surface area contributed by atoms with Crippen LogP contribution in [0.5, 0.6) is 0 Å². The third-order valence-electron chi connectivity index (χ3n) is 3.92. The fourth-order valence-electron chi connectivity index (χ4n) is 2.52. The number of carbonyl (C=O) groups is 1. The van der Waals surface area contributed by atoms with Crippen molar-refractivity contribution >= 4 is 22.4 Å². The number of hydrogen-bond donors (Lipinski definition) is 0. The summed E-state index contributed by atoms with van der Waals surface area (Å²) in [6.45, 7) is 5.58. The van der Waals surface area contributed by atoms with Gasteiger partial charge in [-0.05, 0) is 19.8 Å². The summed E-state index contributed by atoms with van der Waals surface area (Å²) >= 11 is 1.70. The van der Waals surface area contributed by atoms with Gasteiger partial charge in [-0.15, -0.1) is 11.3 Å². The zero-order valence-corrected chi connectivity index (χ0v) is 11.6. The zero-order chi connectivity index (χ0) is 12.5. The Kier molecular flexibility index (Phi) is 3.24. The van der Waals surface area contributed by atoms with Crippen molar-refractivity contribution in [2.45, 2.75) is 26.2 Å². The number of rotatable bonds is 2. The van der Waals surface area contributed by atoms with Crippen LogP contribution in [0.25, 0.3) is 0 Å². The first kappa shape index (κ1) is 12.0. The highest BCUT2D eigenvalue weighted by Gasteiger charge is 2.31. The third-order valence-corrected chi connectivity index (χ3v) is 4.94. The van der Waals surface area contributed by atoms with Crippen LogP contribution in [0, 0.1) is 12.8 Å². The molecule has 1 aromatic heterocycles. The Hall–Kier alpha value is -1.10. The molecule has 0 bridgehead atoms. The monoisotopic (exact) mass is 265 g/mol. The maximum Gasteiger partial charge on any atom is 0.225 e. The summed E-state index contributed by atoms with van der Waals surface area (Å²) in [5, 5.41) is 3.18. The van der Waals surface area contributed by atoms with E-state index < -0.39 is 0 Å². The van der Waals surface area contributed by atoms with E-state index in [1.165, 1.54) is 6.42 Å². The van der Waals surface area contributed by atoms with Crippen molar-refractivity contribution < 1.29 is 4.79 Å². The number of piperazine rings is 1. The number of anilines is 1. The van der Waals surface area contributed by atoms with E-state index in [1.54, 1.807) is 11.3 Å². The van der Waals surface area contributed by atoms with Gasteiger partial charge in [-0.1, -0.05) is 6.42 Å². The lowest BCUT2D eigenvalue weighted by molar-refractivity contribution is -0.138. The molecular formula is C13H19N3OS. The molecule has 1 aliphatic heterocycles. The molecule has 2 aliphatic rings. The number of aryl methyl sites for hydroxylation is 1. The summed E-state index contributed by atoms with van der Waals surface area (Å²) in [5.74, 6) is 0.717. The van der Waals surface area contributed by atoms with E-state index >= 15 is 0 Å². The molecule has 4 nitrogen and oxygen atoms in total. The summed E-state index contributed by atoms with van der Waals surface area (Å²) in [5.41, 5.74) is 1.09. The minimum atomic E-state index is 0.332. The topological polar surface area (TPSA) is 36.4 Å². The molecule has 0 N–H and O–H groups in total. The number of carbonyl (C=O) groups excluding carboxylic acids is 1. The van der Waals surface area contributed by atoms with E-state index in [1.807, 2.05) is 11.8 Å². The molecule has 1 amide bonds. The van der Waals surface area contributed by atoms with Gasteiger partial charge in [0.05, 0.1) is 5.69 Å². The first-order chi connectivity index (χ1) is 8.74. The Morgan fingerprint density at radius 2 is 2.06 bits per heavy atom. The summed E-state index contributed by atoms with van der Waals surface area (Å²) in [6.07, 6.45) is 3.43. The van der Waals surface area contributed by atoms with E-state index in [-0.39, 0.29) is 0 Å². The van der Waals surface area contributed by atoms with E-state index in [0.717, 1.165) is 49.8 Å². The minimum absolute atomic E-state index is 0.332. The third kappa shape index (κ3) is 2.23. The van der Waals surface area contributed by atoms with E-state index in [4.69, 9.17) is 0 Å². The van der Waals surface area contributed by atoms with Crippen LogP contribution >= 0.6 is 11.3 Å². The van der Waals surface area contributed by atoms with Gasteiger partial charge in [-0.3, -0.25) is 4.79 Å². The molecule has 0 unspecified atom stereocenters. The fourth-order valence-corrected chi connectivity index (χ4v) is 3.38. The van der Waals surface area contributed by atoms with Crippen LogP contribution < -0.4 is 4.90 Å². The highest BCUT2D eigenvalue weighted by atomic mass is 32.1. The lowest BCUT2D eigenvalue weighted by Gasteiger charge is -2.38. The average Bonchev–Trinajstić information content (AvgIpc) is 2.74. The van der Waals surface area contributed by atoms with Gasteiger partial charge in [0.15, 0.2) is 5.13 Å². The van der Waals surface area contributed by atoms with Crippen molar-refractivity contribution in [3.63, 3.8) is 0 Å². The standard InChI is InChI=1S/C13H19N3OS/c1-10-9-18-13(14-10)16-7-5-15(6-8-16)12(17)11-3-2-4-11/h9,11H,2-8H2,1H3. The molecule has 1 aliphatic carbocycles. The van der Waals surface area contributed by atoms with Gasteiger partial charge in [0, 0.05) is 37.5 Å². The Balaban J connectivity index is 1.56. The van der Waals surface area contributed by atoms with Crippen LogP contribution in [0.4, 0.5) is 5.13 Å². The normalized spacial score (nSPS) is 20.9. The Bertz CT molecular complexity index is 433. The minimum Gasteiger partial charge on any atom is -0.345 e. The molecule has 1 saturated heterocycles. The van der Waals surface area contributed by atoms with Crippen LogP contribution in [-0.2, 0) is 4.79 Å². The van der Waals surface area contributed by atoms with E-state index in [9.17, 15) is 4.79 Å². The van der Waals surface area contributed by atoms with Crippen molar-refractivity contribution in [1.82, 2.24) is 9.88 Å². The van der Waals surface area contributed by atoms with Gasteiger partial charge in [0.2, 0.25) is 5.91 Å². The van der Waals surface area contributed by atoms with Gasteiger partial charge in [-0.25, -0.2) is 4.98 Å². The first-order valence-corrected chi connectivity index (χ1v) is 7.58. The van der Waals surface area contributed by atoms with Gasteiger partial charge in [0.25, 0.3) is 0 Å². The van der Waals surface area contributed by atoms with Crippen LogP contribution in [0.3, 0.4) is 0 Å². The Labute approximate surface area is 112 Å². The van der Waals surface area contributed by atoms with Crippen molar-refractivity contribution in [2.75, 3.05) is 31.1 Å². The van der Waals surface area contributed by atoms with Gasteiger partial charge in [-0.2, -0.15) is 0 Å². The molecule has 1 saturated carbocycles. The predicted octanol–water partition coefficient (Wildman–Crippen LogP) is 1.90. The van der Waals surface area contributed by atoms with Gasteiger partial charge in [0.1, 0.15) is 0 Å². The van der Waals surface area contributed by atoms with Crippen LogP contribution in [0.15, 0.2) is 5.38 Å². The maximum atomic E-state index is 12.1. The quantitative estimate of drug-likeness (QED) is 0.819. The Morgan fingerprint density at radius 1 is 1.33 bits per heavy atom. The van der Waals surface area contributed by atoms with E-state index in [2.05, 4.69) is 15.3 Å².